The summed E-state index contributed by atoms with van der Waals surface area (Å²) in [6.07, 6.45) is -8.76. The molecule has 25 heteroatoms. The topological polar surface area (TPSA) is 80.7 Å². The number of aliphatic carboxylic acids is 1. The molecule has 0 radical (unpaired) electrons. The highest BCUT2D eigenvalue weighted by Gasteiger charge is 2.97. The van der Waals surface area contributed by atoms with Crippen LogP contribution in [0.25, 0.3) is 0 Å². The molecule has 1 N–H and O–H groups in total. The van der Waals surface area contributed by atoms with Crippen molar-refractivity contribution in [3.63, 3.8) is 0 Å². The van der Waals surface area contributed by atoms with E-state index in [1.165, 1.54) is 0 Å². The second-order valence-electron chi connectivity index (χ2n) is 9.47. The van der Waals surface area contributed by atoms with Crippen molar-refractivity contribution < 1.29 is 108 Å². The number of rotatable bonds is 13. The molecular weight excluding hydrogens is 681 g/mol. The quantitative estimate of drug-likeness (QED) is 0.237. The van der Waals surface area contributed by atoms with Gasteiger partial charge in [0.2, 0.25) is 0 Å². The van der Waals surface area contributed by atoms with Gasteiger partial charge in [-0.25, -0.2) is 0 Å². The lowest BCUT2D eigenvalue weighted by atomic mass is 9.87. The van der Waals surface area contributed by atoms with Gasteiger partial charge in [-0.15, -0.1) is 0 Å². The zero-order valence-corrected chi connectivity index (χ0v) is 20.9. The number of piperazine rings is 1. The average molecular weight is 698 g/mol. The molecule has 0 aromatic carbocycles. The standard InChI is InChI=1S/C19H17F19N2O4/c20-11(21,10(44)39-2-5-40(6-3-39,7-8-41)4-1-9(42)43)12(22,23)13(24,25)14(26,27)15(28,29)16(30,31)17(32,33)18(34,35)19(36,37)38/h41H,1-8H2. The Bertz CT molecular complexity index is 1070. The zero-order chi connectivity index (χ0) is 35.4. The van der Waals surface area contributed by atoms with E-state index in [9.17, 15) is 98.1 Å². The Morgan fingerprint density at radius 3 is 1.25 bits per heavy atom. The van der Waals surface area contributed by atoms with Crippen molar-refractivity contribution in [3.8, 4) is 0 Å². The molecule has 0 aromatic rings. The summed E-state index contributed by atoms with van der Waals surface area (Å²) in [4.78, 5) is 22.2. The lowest BCUT2D eigenvalue weighted by molar-refractivity contribution is -0.931. The first-order valence-electron chi connectivity index (χ1n) is 11.2. The van der Waals surface area contributed by atoms with Crippen molar-refractivity contribution in [3.05, 3.63) is 0 Å². The van der Waals surface area contributed by atoms with Crippen molar-refractivity contribution in [1.29, 1.82) is 0 Å². The normalized spacial score (nSPS) is 18.4. The zero-order valence-electron chi connectivity index (χ0n) is 20.9. The molecule has 1 saturated heterocycles. The molecule has 0 bridgehead atoms. The minimum Gasteiger partial charge on any atom is -0.550 e. The summed E-state index contributed by atoms with van der Waals surface area (Å²) >= 11 is 0. The average Bonchev–Trinajstić information content (AvgIpc) is 2.86. The molecular formula is C19H17F19N2O4. The van der Waals surface area contributed by atoms with E-state index in [4.69, 9.17) is 5.11 Å². The van der Waals surface area contributed by atoms with Crippen molar-refractivity contribution in [1.82, 2.24) is 4.90 Å². The van der Waals surface area contributed by atoms with E-state index in [0.717, 1.165) is 0 Å². The van der Waals surface area contributed by atoms with Gasteiger partial charge in [0.05, 0.1) is 39.3 Å². The molecule has 0 aromatic heterocycles. The van der Waals surface area contributed by atoms with Crippen LogP contribution in [0.2, 0.25) is 0 Å². The number of carboxylic acids is 1. The predicted molar refractivity (Wildman–Crippen MR) is 98.6 cm³/mol. The third kappa shape index (κ3) is 5.69. The number of nitrogens with zero attached hydrogens (tertiary/aromatic N) is 2. The summed E-state index contributed by atoms with van der Waals surface area (Å²) in [6, 6.07) is 0. The first-order valence-corrected chi connectivity index (χ1v) is 11.2. The van der Waals surface area contributed by atoms with Crippen molar-refractivity contribution >= 4 is 11.9 Å². The maximum atomic E-state index is 14.3. The SMILES string of the molecule is O=C([O-])CC[N+]1(CCO)CCN(C(=O)C(F)(F)C(F)(F)C(F)(F)C(F)(F)C(F)(F)C(F)(F)C(F)(F)C(F)(F)C(F)(F)F)CC1. The molecule has 0 aliphatic carbocycles. The molecule has 1 aliphatic rings. The van der Waals surface area contributed by atoms with E-state index >= 15 is 0 Å². The molecule has 260 valence electrons. The maximum Gasteiger partial charge on any atom is 0.460 e. The van der Waals surface area contributed by atoms with Gasteiger partial charge < -0.3 is 24.4 Å². The number of hydrogen-bond donors (Lipinski definition) is 1. The summed E-state index contributed by atoms with van der Waals surface area (Å²) in [6.45, 7) is -5.57. The number of alkyl halides is 19. The minimum atomic E-state index is -9.09. The second kappa shape index (κ2) is 11.4. The predicted octanol–water partition coefficient (Wildman–Crippen LogP) is 3.42. The Balaban J connectivity index is 3.51. The number of amides is 1. The number of aliphatic hydroxyl groups is 1. The molecule has 1 heterocycles. The van der Waals surface area contributed by atoms with E-state index in [2.05, 4.69) is 0 Å². The summed E-state index contributed by atoms with van der Waals surface area (Å²) in [5.41, 5.74) is 0. The van der Waals surface area contributed by atoms with E-state index in [-0.39, 0.29) is 0 Å². The second-order valence-corrected chi connectivity index (χ2v) is 9.47. The summed E-state index contributed by atoms with van der Waals surface area (Å²) in [5.74, 6) is -74.0. The van der Waals surface area contributed by atoms with Crippen LogP contribution in [0.1, 0.15) is 6.42 Å². The van der Waals surface area contributed by atoms with Gasteiger partial charge in [-0.3, -0.25) is 4.79 Å². The number of halogens is 19. The number of carbonyl (C=O) groups is 2. The van der Waals surface area contributed by atoms with Crippen LogP contribution in [-0.2, 0) is 9.59 Å². The molecule has 0 unspecified atom stereocenters. The van der Waals surface area contributed by atoms with Gasteiger partial charge in [0.15, 0.2) is 0 Å². The van der Waals surface area contributed by atoms with Crippen LogP contribution in [-0.4, -0.2) is 126 Å². The van der Waals surface area contributed by atoms with Gasteiger partial charge >= 0.3 is 53.6 Å². The molecule has 0 saturated carbocycles. The fourth-order valence-electron chi connectivity index (χ4n) is 3.89. The Kier molecular flexibility index (Phi) is 10.2. The van der Waals surface area contributed by atoms with E-state index in [0.29, 0.717) is 0 Å². The highest BCUT2D eigenvalue weighted by Crippen LogP contribution is 2.65. The number of carbonyl (C=O) groups excluding carboxylic acids is 2. The summed E-state index contributed by atoms with van der Waals surface area (Å²) < 4.78 is 256. The Labute approximate surface area is 231 Å². The van der Waals surface area contributed by atoms with E-state index in [1.807, 2.05) is 0 Å². The number of carboxylic acid groups (broad SMARTS) is 1. The Hall–Kier alpha value is -2.47. The Morgan fingerprint density at radius 1 is 0.591 bits per heavy atom. The molecule has 0 spiro atoms. The molecule has 1 aliphatic heterocycles. The lowest BCUT2D eigenvalue weighted by Crippen LogP contribution is -2.76. The van der Waals surface area contributed by atoms with Gasteiger partial charge in [-0.2, -0.15) is 83.4 Å². The first-order chi connectivity index (χ1) is 19.2. The van der Waals surface area contributed by atoms with Crippen LogP contribution in [0.3, 0.4) is 0 Å². The van der Waals surface area contributed by atoms with Crippen molar-refractivity contribution in [2.45, 2.75) is 60.0 Å². The summed E-state index contributed by atoms with van der Waals surface area (Å²) in [7, 11) is 0. The minimum absolute atomic E-state index is 0.395. The van der Waals surface area contributed by atoms with Crippen LogP contribution < -0.4 is 5.11 Å². The van der Waals surface area contributed by atoms with E-state index < -0.39 is 127 Å². The summed E-state index contributed by atoms with van der Waals surface area (Å²) in [5, 5.41) is 19.8. The number of aliphatic hydroxyl groups excluding tert-OH is 1. The molecule has 1 rings (SSSR count). The van der Waals surface area contributed by atoms with Gasteiger partial charge in [-0.05, 0) is 0 Å². The van der Waals surface area contributed by atoms with Crippen LogP contribution in [0.4, 0.5) is 83.4 Å². The molecule has 0 atom stereocenters. The van der Waals surface area contributed by atoms with Gasteiger partial charge in [0.25, 0.3) is 5.91 Å². The molecule has 1 amide bonds. The molecule has 1 fully saturated rings. The van der Waals surface area contributed by atoms with E-state index in [1.54, 1.807) is 0 Å². The van der Waals surface area contributed by atoms with Crippen LogP contribution in [0.15, 0.2) is 0 Å². The van der Waals surface area contributed by atoms with Crippen molar-refractivity contribution in [2.75, 3.05) is 45.9 Å². The third-order valence-corrected chi connectivity index (χ3v) is 6.73. The number of quaternary nitrogens is 1. The van der Waals surface area contributed by atoms with Crippen LogP contribution >= 0.6 is 0 Å². The van der Waals surface area contributed by atoms with Crippen molar-refractivity contribution in [2.24, 2.45) is 0 Å². The smallest absolute Gasteiger partial charge is 0.460 e. The maximum absolute atomic E-state index is 14.3. The fourth-order valence-corrected chi connectivity index (χ4v) is 3.89. The van der Waals surface area contributed by atoms with Crippen LogP contribution in [0, 0.1) is 0 Å². The van der Waals surface area contributed by atoms with Crippen LogP contribution in [0.5, 0.6) is 0 Å². The molecule has 6 nitrogen and oxygen atoms in total. The fraction of sp³-hybridized carbons (Fsp3) is 0.895. The monoisotopic (exact) mass is 698 g/mol. The largest absolute Gasteiger partial charge is 0.550 e. The molecule has 44 heavy (non-hydrogen) atoms. The first kappa shape index (κ1) is 39.6. The number of hydrogen-bond acceptors (Lipinski definition) is 4. The van der Waals surface area contributed by atoms with Gasteiger partial charge in [0, 0.05) is 12.4 Å². The highest BCUT2D eigenvalue weighted by molar-refractivity contribution is 5.85. The lowest BCUT2D eigenvalue weighted by Gasteiger charge is -2.46. The highest BCUT2D eigenvalue weighted by atomic mass is 19.4. The van der Waals surface area contributed by atoms with Gasteiger partial charge in [-0.1, -0.05) is 0 Å². The van der Waals surface area contributed by atoms with Gasteiger partial charge in [0.1, 0.15) is 6.54 Å². The third-order valence-electron chi connectivity index (χ3n) is 6.73. The Morgan fingerprint density at radius 2 is 0.932 bits per heavy atom.